The van der Waals surface area contributed by atoms with Crippen LogP contribution < -0.4 is 10.1 Å². The Hall–Kier alpha value is -1.63. The van der Waals surface area contributed by atoms with Crippen LogP contribution in [0.2, 0.25) is 0 Å². The molecule has 1 aromatic carbocycles. The molecule has 6 nitrogen and oxygen atoms in total. The van der Waals surface area contributed by atoms with Gasteiger partial charge in [0.05, 0.1) is 12.2 Å². The van der Waals surface area contributed by atoms with Crippen LogP contribution in [-0.2, 0) is 27.3 Å². The molecule has 3 atom stereocenters. The number of aliphatic hydroxyl groups is 1. The Balaban J connectivity index is 2.08. The molecule has 26 heavy (non-hydrogen) atoms. The summed E-state index contributed by atoms with van der Waals surface area (Å²) < 4.78 is 17.0. The van der Waals surface area contributed by atoms with Gasteiger partial charge in [-0.05, 0) is 57.8 Å². The van der Waals surface area contributed by atoms with E-state index < -0.39 is 12.4 Å². The highest BCUT2D eigenvalue weighted by atomic mass is 16.7. The van der Waals surface area contributed by atoms with Crippen LogP contribution in [0.25, 0.3) is 0 Å². The number of ether oxygens (including phenoxy) is 3. The minimum Gasteiger partial charge on any atom is -0.464 e. The molecule has 0 aromatic heterocycles. The molecule has 1 aromatic rings. The van der Waals surface area contributed by atoms with Crippen molar-refractivity contribution in [1.82, 2.24) is 5.32 Å². The first-order valence-corrected chi connectivity index (χ1v) is 9.38. The zero-order valence-corrected chi connectivity index (χ0v) is 16.0. The monoisotopic (exact) mass is 365 g/mol. The molecule has 146 valence electrons. The molecule has 0 amide bonds. The highest BCUT2D eigenvalue weighted by Crippen LogP contribution is 2.28. The summed E-state index contributed by atoms with van der Waals surface area (Å²) in [4.78, 5) is 11.1. The van der Waals surface area contributed by atoms with E-state index >= 15 is 0 Å². The minimum absolute atomic E-state index is 0.0506. The molecule has 0 radical (unpaired) electrons. The maximum Gasteiger partial charge on any atom is 0.302 e. The summed E-state index contributed by atoms with van der Waals surface area (Å²) in [6, 6.07) is 5.98. The average molecular weight is 365 g/mol. The van der Waals surface area contributed by atoms with E-state index in [0.29, 0.717) is 18.6 Å². The first-order valence-electron chi connectivity index (χ1n) is 9.38. The number of carbonyl (C=O) groups excluding carboxylic acids is 1. The number of carbonyl (C=O) groups is 1. The Bertz CT molecular complexity index is 567. The number of nitrogens with one attached hydrogen (secondary N) is 1. The van der Waals surface area contributed by atoms with Gasteiger partial charge < -0.3 is 24.6 Å². The average Bonchev–Trinajstić information content (AvgIpc) is 2.57. The van der Waals surface area contributed by atoms with Crippen molar-refractivity contribution in [2.45, 2.75) is 71.1 Å². The van der Waals surface area contributed by atoms with Gasteiger partial charge in [-0.1, -0.05) is 12.1 Å². The molecule has 6 heteroatoms. The van der Waals surface area contributed by atoms with Crippen molar-refractivity contribution in [3.63, 3.8) is 0 Å². The van der Waals surface area contributed by atoms with Crippen molar-refractivity contribution in [2.75, 3.05) is 13.6 Å². The van der Waals surface area contributed by atoms with E-state index in [1.165, 1.54) is 12.5 Å². The third kappa shape index (κ3) is 6.94. The van der Waals surface area contributed by atoms with E-state index in [-0.39, 0.29) is 18.7 Å². The second-order valence-corrected chi connectivity index (χ2v) is 6.90. The third-order valence-electron chi connectivity index (χ3n) is 4.42. The first kappa shape index (κ1) is 20.7. The fourth-order valence-electron chi connectivity index (χ4n) is 3.08. The molecule has 3 unspecified atom stereocenters. The highest BCUT2D eigenvalue weighted by molar-refractivity contribution is 5.66. The molecule has 1 aliphatic rings. The van der Waals surface area contributed by atoms with Gasteiger partial charge in [0.1, 0.15) is 12.4 Å². The fourth-order valence-corrected chi connectivity index (χ4v) is 3.08. The maximum absolute atomic E-state index is 11.1. The van der Waals surface area contributed by atoms with Crippen molar-refractivity contribution in [3.05, 3.63) is 29.3 Å². The van der Waals surface area contributed by atoms with Crippen molar-refractivity contribution < 1.29 is 24.1 Å². The van der Waals surface area contributed by atoms with Gasteiger partial charge in [0.2, 0.25) is 6.29 Å². The summed E-state index contributed by atoms with van der Waals surface area (Å²) in [7, 11) is 1.95. The SMILES string of the molecule is CNCCCCc1ccc(COC(C)=O)c(OC2CC(O)CC(C)O2)c1. The molecule has 0 spiro atoms. The van der Waals surface area contributed by atoms with Crippen LogP contribution in [0, 0.1) is 0 Å². The second kappa shape index (κ2) is 10.5. The van der Waals surface area contributed by atoms with Crippen LogP contribution in [0.1, 0.15) is 50.7 Å². The van der Waals surface area contributed by atoms with Gasteiger partial charge in [0.25, 0.3) is 0 Å². The van der Waals surface area contributed by atoms with E-state index in [1.54, 1.807) is 0 Å². The number of rotatable bonds is 9. The Morgan fingerprint density at radius 2 is 2.15 bits per heavy atom. The second-order valence-electron chi connectivity index (χ2n) is 6.90. The number of esters is 1. The van der Waals surface area contributed by atoms with Crippen molar-refractivity contribution >= 4 is 5.97 Å². The minimum atomic E-state index is -0.496. The molecule has 0 saturated carbocycles. The lowest BCUT2D eigenvalue weighted by Crippen LogP contribution is -2.37. The van der Waals surface area contributed by atoms with Crippen LogP contribution >= 0.6 is 0 Å². The zero-order valence-electron chi connectivity index (χ0n) is 16.0. The molecular formula is C20H31NO5. The van der Waals surface area contributed by atoms with E-state index in [2.05, 4.69) is 5.32 Å². The fraction of sp³-hybridized carbons (Fsp3) is 0.650. The predicted molar refractivity (Wildman–Crippen MR) is 99.0 cm³/mol. The van der Waals surface area contributed by atoms with Crippen LogP contribution in [0.3, 0.4) is 0 Å². The summed E-state index contributed by atoms with van der Waals surface area (Å²) >= 11 is 0. The van der Waals surface area contributed by atoms with Gasteiger partial charge in [-0.2, -0.15) is 0 Å². The molecule has 0 bridgehead atoms. The molecule has 2 rings (SSSR count). The predicted octanol–water partition coefficient (Wildman–Crippen LogP) is 2.56. The Morgan fingerprint density at radius 3 is 2.85 bits per heavy atom. The Kier molecular flexibility index (Phi) is 8.35. The normalized spacial score (nSPS) is 22.8. The van der Waals surface area contributed by atoms with Gasteiger partial charge >= 0.3 is 5.97 Å². The summed E-state index contributed by atoms with van der Waals surface area (Å²) in [5.74, 6) is 0.328. The lowest BCUT2D eigenvalue weighted by molar-refractivity contribution is -0.170. The molecular weight excluding hydrogens is 334 g/mol. The topological polar surface area (TPSA) is 77.0 Å². The van der Waals surface area contributed by atoms with Crippen molar-refractivity contribution in [1.29, 1.82) is 0 Å². The highest BCUT2D eigenvalue weighted by Gasteiger charge is 2.27. The van der Waals surface area contributed by atoms with Gasteiger partial charge in [-0.3, -0.25) is 4.79 Å². The van der Waals surface area contributed by atoms with Gasteiger partial charge in [-0.15, -0.1) is 0 Å². The van der Waals surface area contributed by atoms with E-state index in [4.69, 9.17) is 14.2 Å². The standard InChI is InChI=1S/C20H31NO5/c1-14-10-18(23)12-20(25-14)26-19-11-16(6-4-5-9-21-3)7-8-17(19)13-24-15(2)22/h7-8,11,14,18,20-21,23H,4-6,9-10,12-13H2,1-3H3. The largest absolute Gasteiger partial charge is 0.464 e. The molecule has 1 fully saturated rings. The smallest absolute Gasteiger partial charge is 0.302 e. The summed E-state index contributed by atoms with van der Waals surface area (Å²) in [5.41, 5.74) is 1.97. The Labute approximate surface area is 155 Å². The van der Waals surface area contributed by atoms with Crippen molar-refractivity contribution in [3.8, 4) is 5.75 Å². The maximum atomic E-state index is 11.1. The lowest BCUT2D eigenvalue weighted by Gasteiger charge is -2.31. The van der Waals surface area contributed by atoms with Gasteiger partial charge in [0, 0.05) is 18.9 Å². The molecule has 1 aliphatic heterocycles. The molecule has 1 heterocycles. The summed E-state index contributed by atoms with van der Waals surface area (Å²) in [6.07, 6.45) is 3.22. The number of hydrogen-bond acceptors (Lipinski definition) is 6. The molecule has 1 saturated heterocycles. The van der Waals surface area contributed by atoms with E-state index in [1.807, 2.05) is 32.2 Å². The number of aryl methyl sites for hydroxylation is 1. The van der Waals surface area contributed by atoms with Crippen molar-refractivity contribution in [2.24, 2.45) is 0 Å². The quantitative estimate of drug-likeness (QED) is 0.517. The lowest BCUT2D eigenvalue weighted by atomic mass is 10.0. The summed E-state index contributed by atoms with van der Waals surface area (Å²) in [5, 5.41) is 13.1. The number of aliphatic hydroxyl groups excluding tert-OH is 1. The van der Waals surface area contributed by atoms with Gasteiger partial charge in [-0.25, -0.2) is 0 Å². The Morgan fingerprint density at radius 1 is 1.35 bits per heavy atom. The molecule has 2 N–H and O–H groups in total. The van der Waals surface area contributed by atoms with Crippen LogP contribution in [0.15, 0.2) is 18.2 Å². The van der Waals surface area contributed by atoms with Crippen LogP contribution in [0.4, 0.5) is 0 Å². The van der Waals surface area contributed by atoms with Gasteiger partial charge in [0.15, 0.2) is 0 Å². The zero-order chi connectivity index (χ0) is 18.9. The number of benzene rings is 1. The number of unbranched alkanes of at least 4 members (excludes halogenated alkanes) is 1. The molecule has 0 aliphatic carbocycles. The first-order chi connectivity index (χ1) is 12.5. The van der Waals surface area contributed by atoms with E-state index in [9.17, 15) is 9.90 Å². The van der Waals surface area contributed by atoms with Crippen LogP contribution in [-0.4, -0.2) is 43.2 Å². The number of hydrogen-bond donors (Lipinski definition) is 2. The third-order valence-corrected chi connectivity index (χ3v) is 4.42. The summed E-state index contributed by atoms with van der Waals surface area (Å²) in [6.45, 7) is 4.48. The van der Waals surface area contributed by atoms with E-state index in [0.717, 1.165) is 31.4 Å². The van der Waals surface area contributed by atoms with Crippen LogP contribution in [0.5, 0.6) is 5.75 Å².